The predicted octanol–water partition coefficient (Wildman–Crippen LogP) is 2.81. The first kappa shape index (κ1) is 19.2. The van der Waals surface area contributed by atoms with E-state index in [1.165, 1.54) is 6.07 Å². The van der Waals surface area contributed by atoms with Crippen LogP contribution in [0.3, 0.4) is 0 Å². The zero-order valence-corrected chi connectivity index (χ0v) is 15.3. The standard InChI is InChI=1S/C11H12N2O2.C10H9NO2/c12-9(11(14)15)5-7-6-13-10-4-2-1-3-8(7)10;1-6-4-10(12)13-9-5-7(11)2-3-8(6)9/h1-4,6,9,13H,5,12H2,(H,14,15);2-5H,11H2,1H3. The maximum absolute atomic E-state index is 11.0. The first-order valence-electron chi connectivity index (χ1n) is 8.68. The first-order valence-corrected chi connectivity index (χ1v) is 8.68. The molecule has 1 unspecified atom stereocenters. The van der Waals surface area contributed by atoms with E-state index in [1.807, 2.05) is 43.5 Å². The van der Waals surface area contributed by atoms with Crippen LogP contribution in [0, 0.1) is 6.92 Å². The Balaban J connectivity index is 0.000000162. The van der Waals surface area contributed by atoms with Crippen molar-refractivity contribution in [3.05, 3.63) is 76.3 Å². The van der Waals surface area contributed by atoms with E-state index < -0.39 is 12.0 Å². The summed E-state index contributed by atoms with van der Waals surface area (Å²) in [4.78, 5) is 24.7. The summed E-state index contributed by atoms with van der Waals surface area (Å²) < 4.78 is 4.99. The average Bonchev–Trinajstić information content (AvgIpc) is 3.04. The van der Waals surface area contributed by atoms with Gasteiger partial charge in [-0.3, -0.25) is 4.79 Å². The quantitative estimate of drug-likeness (QED) is 0.319. The maximum Gasteiger partial charge on any atom is 0.336 e. The minimum absolute atomic E-state index is 0.337. The van der Waals surface area contributed by atoms with E-state index in [1.54, 1.807) is 12.1 Å². The number of nitrogens with two attached hydrogens (primary N) is 2. The van der Waals surface area contributed by atoms with Gasteiger partial charge < -0.3 is 26.0 Å². The second-order valence-electron chi connectivity index (χ2n) is 6.51. The summed E-state index contributed by atoms with van der Waals surface area (Å²) in [5.41, 5.74) is 14.7. The lowest BCUT2D eigenvalue weighted by molar-refractivity contribution is -0.138. The molecule has 1 atom stereocenters. The number of aromatic amines is 1. The van der Waals surface area contributed by atoms with Crippen molar-refractivity contribution in [3.8, 4) is 0 Å². The van der Waals surface area contributed by atoms with Gasteiger partial charge in [-0.15, -0.1) is 0 Å². The van der Waals surface area contributed by atoms with Gasteiger partial charge in [-0.25, -0.2) is 4.79 Å². The molecular weight excluding hydrogens is 358 g/mol. The third kappa shape index (κ3) is 4.21. The number of rotatable bonds is 3. The van der Waals surface area contributed by atoms with Crippen molar-refractivity contribution >= 4 is 33.5 Å². The van der Waals surface area contributed by atoms with Gasteiger partial charge in [0.1, 0.15) is 11.6 Å². The predicted molar refractivity (Wildman–Crippen MR) is 109 cm³/mol. The Hall–Kier alpha value is -3.58. The monoisotopic (exact) mass is 379 g/mol. The molecule has 0 radical (unpaired) electrons. The third-order valence-corrected chi connectivity index (χ3v) is 4.41. The minimum Gasteiger partial charge on any atom is -0.480 e. The average molecular weight is 379 g/mol. The van der Waals surface area contributed by atoms with E-state index in [-0.39, 0.29) is 5.63 Å². The van der Waals surface area contributed by atoms with Crippen molar-refractivity contribution in [2.45, 2.75) is 19.4 Å². The maximum atomic E-state index is 11.0. The highest BCUT2D eigenvalue weighted by molar-refractivity contribution is 5.84. The number of aryl methyl sites for hydroxylation is 1. The molecule has 4 aromatic rings. The van der Waals surface area contributed by atoms with Crippen LogP contribution in [0.25, 0.3) is 21.9 Å². The van der Waals surface area contributed by atoms with Gasteiger partial charge in [0.15, 0.2) is 0 Å². The molecule has 0 aliphatic rings. The SMILES string of the molecule is Cc1cc(=O)oc2cc(N)ccc12.NC(Cc1c[nH]c2ccccc12)C(=O)O. The number of hydrogen-bond donors (Lipinski definition) is 4. The van der Waals surface area contributed by atoms with Crippen molar-refractivity contribution in [1.29, 1.82) is 0 Å². The molecule has 2 aromatic heterocycles. The normalized spacial score (nSPS) is 11.8. The second kappa shape index (κ2) is 7.98. The van der Waals surface area contributed by atoms with E-state index in [4.69, 9.17) is 21.0 Å². The number of fused-ring (bicyclic) bond motifs is 2. The fourth-order valence-corrected chi connectivity index (χ4v) is 2.97. The lowest BCUT2D eigenvalue weighted by Crippen LogP contribution is -2.32. The van der Waals surface area contributed by atoms with Gasteiger partial charge >= 0.3 is 11.6 Å². The summed E-state index contributed by atoms with van der Waals surface area (Å²) in [6.07, 6.45) is 2.16. The molecule has 28 heavy (non-hydrogen) atoms. The van der Waals surface area contributed by atoms with Crippen LogP contribution < -0.4 is 17.1 Å². The molecule has 0 aliphatic carbocycles. The Morgan fingerprint density at radius 1 is 1.18 bits per heavy atom. The van der Waals surface area contributed by atoms with Crippen LogP contribution in [-0.2, 0) is 11.2 Å². The molecule has 144 valence electrons. The van der Waals surface area contributed by atoms with E-state index in [9.17, 15) is 9.59 Å². The number of nitrogen functional groups attached to an aromatic ring is 1. The van der Waals surface area contributed by atoms with Gasteiger partial charge in [-0.2, -0.15) is 0 Å². The smallest absolute Gasteiger partial charge is 0.336 e. The van der Waals surface area contributed by atoms with Gasteiger partial charge in [0, 0.05) is 46.7 Å². The Morgan fingerprint density at radius 2 is 1.93 bits per heavy atom. The number of benzene rings is 2. The van der Waals surface area contributed by atoms with Crippen molar-refractivity contribution in [2.24, 2.45) is 5.73 Å². The number of H-pyrrole nitrogens is 1. The van der Waals surface area contributed by atoms with Crippen LogP contribution in [0.2, 0.25) is 0 Å². The summed E-state index contributed by atoms with van der Waals surface area (Å²) in [5, 5.41) is 10.7. The summed E-state index contributed by atoms with van der Waals surface area (Å²) >= 11 is 0. The van der Waals surface area contributed by atoms with Gasteiger partial charge in [0.2, 0.25) is 0 Å². The van der Waals surface area contributed by atoms with Crippen molar-refractivity contribution in [2.75, 3.05) is 5.73 Å². The number of para-hydroxylation sites is 1. The van der Waals surface area contributed by atoms with Crippen LogP contribution in [0.5, 0.6) is 0 Å². The van der Waals surface area contributed by atoms with Gasteiger partial charge in [0.05, 0.1) is 0 Å². The third-order valence-electron chi connectivity index (χ3n) is 4.41. The van der Waals surface area contributed by atoms with E-state index in [0.717, 1.165) is 27.4 Å². The molecule has 0 aliphatic heterocycles. The van der Waals surface area contributed by atoms with Crippen LogP contribution >= 0.6 is 0 Å². The first-order chi connectivity index (χ1) is 13.3. The number of carboxylic acid groups (broad SMARTS) is 1. The summed E-state index contributed by atoms with van der Waals surface area (Å²) in [7, 11) is 0. The van der Waals surface area contributed by atoms with Crippen LogP contribution in [0.1, 0.15) is 11.1 Å². The fraction of sp³-hybridized carbons (Fsp3) is 0.143. The summed E-state index contributed by atoms with van der Waals surface area (Å²) in [6.45, 7) is 1.87. The highest BCUT2D eigenvalue weighted by Crippen LogP contribution is 2.19. The number of anilines is 1. The Bertz CT molecular complexity index is 1190. The molecule has 0 saturated heterocycles. The zero-order valence-electron chi connectivity index (χ0n) is 15.3. The zero-order chi connectivity index (χ0) is 20.3. The molecule has 7 heteroatoms. The summed E-state index contributed by atoms with van der Waals surface area (Å²) in [6, 6.07) is 13.7. The van der Waals surface area contributed by atoms with Crippen LogP contribution in [0.4, 0.5) is 5.69 Å². The number of carbonyl (C=O) groups is 1. The number of aromatic nitrogens is 1. The molecule has 0 spiro atoms. The number of hydrogen-bond acceptors (Lipinski definition) is 5. The van der Waals surface area contributed by atoms with Gasteiger partial charge in [-0.1, -0.05) is 18.2 Å². The molecule has 0 saturated carbocycles. The number of aliphatic carboxylic acids is 1. The highest BCUT2D eigenvalue weighted by atomic mass is 16.4. The molecule has 0 amide bonds. The molecule has 2 heterocycles. The minimum atomic E-state index is -0.972. The molecular formula is C21H21N3O4. The van der Waals surface area contributed by atoms with Crippen molar-refractivity contribution in [1.82, 2.24) is 4.98 Å². The van der Waals surface area contributed by atoms with Gasteiger partial charge in [0.25, 0.3) is 0 Å². The molecule has 4 rings (SSSR count). The van der Waals surface area contributed by atoms with Crippen molar-refractivity contribution < 1.29 is 14.3 Å². The lowest BCUT2D eigenvalue weighted by Gasteiger charge is -2.04. The molecule has 0 fully saturated rings. The molecule has 7 nitrogen and oxygen atoms in total. The molecule has 0 bridgehead atoms. The molecule has 2 aromatic carbocycles. The summed E-state index contributed by atoms with van der Waals surface area (Å²) in [5.74, 6) is -0.972. The molecule has 6 N–H and O–H groups in total. The second-order valence-corrected chi connectivity index (χ2v) is 6.51. The van der Waals surface area contributed by atoms with Crippen LogP contribution in [-0.4, -0.2) is 22.1 Å². The number of nitrogens with one attached hydrogen (secondary N) is 1. The highest BCUT2D eigenvalue weighted by Gasteiger charge is 2.14. The Labute approximate surface area is 160 Å². The lowest BCUT2D eigenvalue weighted by atomic mass is 10.1. The van der Waals surface area contributed by atoms with Crippen molar-refractivity contribution in [3.63, 3.8) is 0 Å². The Morgan fingerprint density at radius 3 is 2.68 bits per heavy atom. The Kier molecular flexibility index (Phi) is 5.47. The van der Waals surface area contributed by atoms with E-state index in [2.05, 4.69) is 4.98 Å². The topological polar surface area (TPSA) is 135 Å². The number of carboxylic acids is 1. The van der Waals surface area contributed by atoms with E-state index >= 15 is 0 Å². The van der Waals surface area contributed by atoms with Gasteiger partial charge in [-0.05, 0) is 36.2 Å². The van der Waals surface area contributed by atoms with Crippen LogP contribution in [0.15, 0.2) is 63.9 Å². The fourth-order valence-electron chi connectivity index (χ4n) is 2.97. The largest absolute Gasteiger partial charge is 0.480 e. The van der Waals surface area contributed by atoms with E-state index in [0.29, 0.717) is 17.7 Å².